The van der Waals surface area contributed by atoms with Gasteiger partial charge < -0.3 is 4.74 Å². The number of nitrogens with one attached hydrogen (secondary N) is 1. The van der Waals surface area contributed by atoms with Crippen LogP contribution in [-0.4, -0.2) is 30.2 Å². The highest BCUT2D eigenvalue weighted by Crippen LogP contribution is 2.26. The minimum absolute atomic E-state index is 0.0292. The van der Waals surface area contributed by atoms with Crippen molar-refractivity contribution < 1.29 is 21.6 Å². The van der Waals surface area contributed by atoms with Gasteiger partial charge in [0.25, 0.3) is 10.0 Å². The lowest BCUT2D eigenvalue weighted by atomic mass is 10.2. The number of sulfonamides is 1. The molecule has 0 aliphatic heterocycles. The molecule has 2 aromatic rings. The van der Waals surface area contributed by atoms with Gasteiger partial charge in [0.1, 0.15) is 5.75 Å². The molecule has 23 heavy (non-hydrogen) atoms. The van der Waals surface area contributed by atoms with Gasteiger partial charge in [0.05, 0.1) is 22.6 Å². The van der Waals surface area contributed by atoms with Crippen molar-refractivity contribution in [2.45, 2.75) is 16.7 Å². The summed E-state index contributed by atoms with van der Waals surface area (Å²) in [5.41, 5.74) is 1.05. The molecule has 124 valence electrons. The van der Waals surface area contributed by atoms with E-state index < -0.39 is 19.9 Å². The molecule has 0 aromatic heterocycles. The third kappa shape index (κ3) is 4.23. The fourth-order valence-corrected chi connectivity index (χ4v) is 3.61. The first kappa shape index (κ1) is 17.3. The van der Waals surface area contributed by atoms with Gasteiger partial charge in [-0.2, -0.15) is 0 Å². The maximum atomic E-state index is 12.4. The number of sulfone groups is 1. The van der Waals surface area contributed by atoms with Gasteiger partial charge in [0.2, 0.25) is 0 Å². The highest BCUT2D eigenvalue weighted by molar-refractivity contribution is 7.92. The molecule has 0 atom stereocenters. The molecule has 0 aliphatic carbocycles. The van der Waals surface area contributed by atoms with E-state index in [4.69, 9.17) is 4.74 Å². The lowest BCUT2D eigenvalue weighted by molar-refractivity contribution is 0.413. The lowest BCUT2D eigenvalue weighted by Crippen LogP contribution is -2.13. The van der Waals surface area contributed by atoms with Gasteiger partial charge >= 0.3 is 0 Å². The molecule has 8 heteroatoms. The minimum atomic E-state index is -3.82. The molecule has 2 rings (SSSR count). The van der Waals surface area contributed by atoms with Crippen molar-refractivity contribution in [1.29, 1.82) is 0 Å². The molecule has 6 nitrogen and oxygen atoms in total. The van der Waals surface area contributed by atoms with E-state index in [0.29, 0.717) is 0 Å². The topological polar surface area (TPSA) is 89.5 Å². The van der Waals surface area contributed by atoms with E-state index in [1.165, 1.54) is 37.4 Å². The van der Waals surface area contributed by atoms with Gasteiger partial charge in [-0.25, -0.2) is 16.8 Å². The predicted molar refractivity (Wildman–Crippen MR) is 88.1 cm³/mol. The van der Waals surface area contributed by atoms with Crippen LogP contribution in [0.1, 0.15) is 5.56 Å². The quantitative estimate of drug-likeness (QED) is 0.888. The Kier molecular flexibility index (Phi) is 4.67. The molecule has 0 saturated carbocycles. The lowest BCUT2D eigenvalue weighted by Gasteiger charge is -2.11. The highest BCUT2D eigenvalue weighted by atomic mass is 32.2. The first-order valence-electron chi connectivity index (χ1n) is 6.60. The van der Waals surface area contributed by atoms with Gasteiger partial charge in [-0.15, -0.1) is 0 Å². The Labute approximate surface area is 136 Å². The zero-order valence-electron chi connectivity index (χ0n) is 12.9. The average Bonchev–Trinajstić information content (AvgIpc) is 2.46. The Morgan fingerprint density at radius 3 is 2.04 bits per heavy atom. The Bertz CT molecular complexity index is 917. The van der Waals surface area contributed by atoms with Crippen LogP contribution in [0.4, 0.5) is 5.69 Å². The van der Waals surface area contributed by atoms with Gasteiger partial charge in [-0.05, 0) is 31.2 Å². The SMILES string of the molecule is COc1cc(NS(=O)(=O)c2ccc(C)cc2)cc(S(C)(=O)=O)c1. The van der Waals surface area contributed by atoms with E-state index >= 15 is 0 Å². The smallest absolute Gasteiger partial charge is 0.261 e. The third-order valence-corrected chi connectivity index (χ3v) is 5.62. The van der Waals surface area contributed by atoms with Crippen LogP contribution in [0.15, 0.2) is 52.3 Å². The van der Waals surface area contributed by atoms with Crippen molar-refractivity contribution in [3.63, 3.8) is 0 Å². The van der Waals surface area contributed by atoms with Crippen molar-refractivity contribution in [3.8, 4) is 5.75 Å². The number of anilines is 1. The van der Waals surface area contributed by atoms with Gasteiger partial charge in [0.15, 0.2) is 9.84 Å². The van der Waals surface area contributed by atoms with Gasteiger partial charge in [-0.3, -0.25) is 4.72 Å². The molecule has 0 aliphatic rings. The Morgan fingerprint density at radius 2 is 1.52 bits per heavy atom. The largest absolute Gasteiger partial charge is 0.497 e. The first-order chi connectivity index (χ1) is 10.6. The van der Waals surface area contributed by atoms with Crippen LogP contribution in [0.25, 0.3) is 0 Å². The number of aryl methyl sites for hydroxylation is 1. The molecule has 0 unspecified atom stereocenters. The maximum absolute atomic E-state index is 12.4. The molecule has 1 N–H and O–H groups in total. The second-order valence-corrected chi connectivity index (χ2v) is 8.79. The zero-order valence-corrected chi connectivity index (χ0v) is 14.5. The van der Waals surface area contributed by atoms with Crippen LogP contribution in [-0.2, 0) is 19.9 Å². The normalized spacial score (nSPS) is 12.0. The number of ether oxygens (including phenoxy) is 1. The van der Waals surface area contributed by atoms with Crippen molar-refractivity contribution in [2.24, 2.45) is 0 Å². The van der Waals surface area contributed by atoms with Crippen molar-refractivity contribution in [2.75, 3.05) is 18.1 Å². The molecule has 0 heterocycles. The number of methoxy groups -OCH3 is 1. The summed E-state index contributed by atoms with van der Waals surface area (Å²) in [5, 5.41) is 0. The van der Waals surface area contributed by atoms with E-state index in [-0.39, 0.29) is 21.2 Å². The minimum Gasteiger partial charge on any atom is -0.497 e. The summed E-state index contributed by atoms with van der Waals surface area (Å²) in [7, 11) is -5.94. The number of hydrogen-bond acceptors (Lipinski definition) is 5. The fraction of sp³-hybridized carbons (Fsp3) is 0.200. The predicted octanol–water partition coefficient (Wildman–Crippen LogP) is 2.21. The van der Waals surface area contributed by atoms with Crippen LogP contribution < -0.4 is 9.46 Å². The first-order valence-corrected chi connectivity index (χ1v) is 9.98. The number of hydrogen-bond donors (Lipinski definition) is 1. The van der Waals surface area contributed by atoms with Crippen LogP contribution >= 0.6 is 0 Å². The van der Waals surface area contributed by atoms with Crippen LogP contribution in [0, 0.1) is 6.92 Å². The standard InChI is InChI=1S/C15H17NO5S2/c1-11-4-6-14(7-5-11)23(19,20)16-12-8-13(21-2)10-15(9-12)22(3,17)18/h4-10,16H,1-3H3. The summed E-state index contributed by atoms with van der Waals surface area (Å²) in [5.74, 6) is 0.245. The van der Waals surface area contributed by atoms with E-state index in [9.17, 15) is 16.8 Å². The average molecular weight is 355 g/mol. The molecule has 0 bridgehead atoms. The fourth-order valence-electron chi connectivity index (χ4n) is 1.89. The molecule has 0 fully saturated rings. The van der Waals surface area contributed by atoms with E-state index in [1.807, 2.05) is 6.92 Å². The van der Waals surface area contributed by atoms with Crippen molar-refractivity contribution >= 4 is 25.5 Å². The second kappa shape index (κ2) is 6.21. The molecule has 0 radical (unpaired) electrons. The van der Waals surface area contributed by atoms with Crippen molar-refractivity contribution in [1.82, 2.24) is 0 Å². The summed E-state index contributed by atoms with van der Waals surface area (Å²) in [4.78, 5) is 0.0604. The molecule has 0 saturated heterocycles. The molecule has 2 aromatic carbocycles. The summed E-state index contributed by atoms with van der Waals surface area (Å²) in [6.45, 7) is 1.85. The number of rotatable bonds is 5. The molecular weight excluding hydrogens is 338 g/mol. The van der Waals surface area contributed by atoms with E-state index in [2.05, 4.69) is 4.72 Å². The summed E-state index contributed by atoms with van der Waals surface area (Å²) in [6, 6.07) is 10.3. The van der Waals surface area contributed by atoms with Crippen LogP contribution in [0.5, 0.6) is 5.75 Å². The monoisotopic (exact) mass is 355 g/mol. The van der Waals surface area contributed by atoms with Crippen molar-refractivity contribution in [3.05, 3.63) is 48.0 Å². The zero-order chi connectivity index (χ0) is 17.3. The summed E-state index contributed by atoms with van der Waals surface area (Å²) >= 11 is 0. The second-order valence-electron chi connectivity index (χ2n) is 5.09. The highest BCUT2D eigenvalue weighted by Gasteiger charge is 2.17. The Hall–Kier alpha value is -2.06. The molecule has 0 spiro atoms. The van der Waals surface area contributed by atoms with Crippen LogP contribution in [0.3, 0.4) is 0 Å². The van der Waals surface area contributed by atoms with Crippen LogP contribution in [0.2, 0.25) is 0 Å². The summed E-state index contributed by atoms with van der Waals surface area (Å²) in [6.07, 6.45) is 1.04. The number of benzene rings is 2. The Morgan fingerprint density at radius 1 is 0.913 bits per heavy atom. The molecular formula is C15H17NO5S2. The third-order valence-electron chi connectivity index (χ3n) is 3.13. The molecule has 0 amide bonds. The summed E-state index contributed by atoms with van der Waals surface area (Å²) < 4.78 is 55.5. The maximum Gasteiger partial charge on any atom is 0.261 e. The van der Waals surface area contributed by atoms with Gasteiger partial charge in [-0.1, -0.05) is 17.7 Å². The van der Waals surface area contributed by atoms with Gasteiger partial charge in [0, 0.05) is 12.3 Å². The van der Waals surface area contributed by atoms with E-state index in [1.54, 1.807) is 12.1 Å². The van der Waals surface area contributed by atoms with E-state index in [0.717, 1.165) is 11.8 Å². The Balaban J connectivity index is 2.44.